The van der Waals surface area contributed by atoms with Gasteiger partial charge in [-0.3, -0.25) is 4.79 Å². The third-order valence-corrected chi connectivity index (χ3v) is 6.65. The van der Waals surface area contributed by atoms with Crippen molar-refractivity contribution in [3.63, 3.8) is 0 Å². The summed E-state index contributed by atoms with van der Waals surface area (Å²) in [5.74, 6) is 0.804. The zero-order chi connectivity index (χ0) is 26.4. The van der Waals surface area contributed by atoms with E-state index in [1.165, 1.54) is 0 Å². The van der Waals surface area contributed by atoms with E-state index in [1.807, 2.05) is 66.7 Å². The minimum Gasteiger partial charge on any atom is -0.494 e. The highest BCUT2D eigenvalue weighted by molar-refractivity contribution is 6.01. The molecular formula is C29H29N5O4. The van der Waals surface area contributed by atoms with Crippen LogP contribution in [0, 0.1) is 0 Å². The van der Waals surface area contributed by atoms with Gasteiger partial charge in [0.25, 0.3) is 5.91 Å². The average molecular weight is 512 g/mol. The smallest absolute Gasteiger partial charge is 0.252 e. The molecule has 9 nitrogen and oxygen atoms in total. The van der Waals surface area contributed by atoms with E-state index < -0.39 is 11.6 Å². The maximum absolute atomic E-state index is 14.0. The van der Waals surface area contributed by atoms with Crippen molar-refractivity contribution in [3.05, 3.63) is 106 Å². The van der Waals surface area contributed by atoms with Gasteiger partial charge in [-0.15, -0.1) is 0 Å². The molecule has 0 bridgehead atoms. The highest BCUT2D eigenvalue weighted by atomic mass is 16.5. The van der Waals surface area contributed by atoms with Gasteiger partial charge in [-0.25, -0.2) is 4.99 Å². The number of nitrogens with one attached hydrogen (secondary N) is 1. The van der Waals surface area contributed by atoms with E-state index in [1.54, 1.807) is 12.1 Å². The van der Waals surface area contributed by atoms with Crippen LogP contribution in [-0.2, 0) is 16.0 Å². The number of benzene rings is 3. The summed E-state index contributed by atoms with van der Waals surface area (Å²) >= 11 is 0. The summed E-state index contributed by atoms with van der Waals surface area (Å²) in [7, 11) is 0. The highest BCUT2D eigenvalue weighted by Crippen LogP contribution is 2.44. The number of amides is 1. The van der Waals surface area contributed by atoms with Gasteiger partial charge in [-0.2, -0.15) is 0 Å². The molecule has 0 unspecified atom stereocenters. The lowest BCUT2D eigenvalue weighted by atomic mass is 9.81. The molecule has 2 aliphatic rings. The van der Waals surface area contributed by atoms with Gasteiger partial charge in [-0.05, 0) is 53.8 Å². The molecule has 2 atom stereocenters. The number of carbonyl (C=O) groups is 1. The first kappa shape index (κ1) is 25.3. The number of rotatable bonds is 11. The van der Waals surface area contributed by atoms with E-state index >= 15 is 0 Å². The van der Waals surface area contributed by atoms with Crippen LogP contribution in [0.3, 0.4) is 0 Å². The van der Waals surface area contributed by atoms with Crippen molar-refractivity contribution < 1.29 is 19.4 Å². The first-order chi connectivity index (χ1) is 18.6. The number of carbonyl (C=O) groups excluding carboxylic acids is 1. The normalized spacial score (nSPS) is 20.1. The average Bonchev–Trinajstić information content (AvgIpc) is 3.68. The molecule has 3 aromatic rings. The number of aliphatic hydroxyl groups excluding tert-OH is 1. The molecular weight excluding hydrogens is 482 g/mol. The van der Waals surface area contributed by atoms with Crippen LogP contribution in [0.4, 0.5) is 5.69 Å². The zero-order valence-corrected chi connectivity index (χ0v) is 20.9. The second-order valence-corrected chi connectivity index (χ2v) is 9.44. The maximum Gasteiger partial charge on any atom is 0.252 e. The van der Waals surface area contributed by atoms with Gasteiger partial charge in [0, 0.05) is 41.7 Å². The summed E-state index contributed by atoms with van der Waals surface area (Å²) in [4.78, 5) is 22.0. The Bertz CT molecular complexity index is 1350. The molecule has 2 N–H and O–H groups in total. The molecule has 194 valence electrons. The van der Waals surface area contributed by atoms with Crippen molar-refractivity contribution in [2.45, 2.75) is 43.4 Å². The van der Waals surface area contributed by atoms with Crippen LogP contribution in [0.25, 0.3) is 10.4 Å². The molecule has 1 aliphatic heterocycles. The third-order valence-electron chi connectivity index (χ3n) is 6.65. The largest absolute Gasteiger partial charge is 0.494 e. The van der Waals surface area contributed by atoms with E-state index in [0.29, 0.717) is 41.5 Å². The number of nitrogens with zero attached hydrogens (tertiary/aromatic N) is 4. The monoisotopic (exact) mass is 511 g/mol. The molecule has 0 aromatic heterocycles. The molecule has 9 heteroatoms. The summed E-state index contributed by atoms with van der Waals surface area (Å²) in [6, 6.07) is 24.3. The van der Waals surface area contributed by atoms with Crippen LogP contribution in [-0.4, -0.2) is 41.7 Å². The van der Waals surface area contributed by atoms with Gasteiger partial charge in [0.15, 0.2) is 11.6 Å². The summed E-state index contributed by atoms with van der Waals surface area (Å²) in [5.41, 5.74) is 10.5. The van der Waals surface area contributed by atoms with Crippen LogP contribution in [0.5, 0.6) is 5.75 Å². The van der Waals surface area contributed by atoms with E-state index in [9.17, 15) is 4.79 Å². The minimum absolute atomic E-state index is 0.0669. The Kier molecular flexibility index (Phi) is 7.58. The Balaban J connectivity index is 1.57. The first-order valence-corrected chi connectivity index (χ1v) is 12.7. The van der Waals surface area contributed by atoms with Crippen molar-refractivity contribution in [1.82, 2.24) is 5.32 Å². The van der Waals surface area contributed by atoms with E-state index in [-0.39, 0.29) is 25.0 Å². The zero-order valence-electron chi connectivity index (χ0n) is 20.9. The first-order valence-electron chi connectivity index (χ1n) is 12.7. The SMILES string of the molecule is [N-]=[N+]=Nc1ccccc1C[C@@]1(C(=O)NC2CC2)N=C(c2ccc(OCCCO)cc2)O[C@@H]1c1ccccc1. The Morgan fingerprint density at radius 2 is 1.84 bits per heavy atom. The number of aliphatic hydroxyl groups is 1. The molecule has 3 aromatic carbocycles. The molecule has 0 spiro atoms. The van der Waals surface area contributed by atoms with Gasteiger partial charge in [0.2, 0.25) is 5.90 Å². The van der Waals surface area contributed by atoms with Crippen molar-refractivity contribution in [1.29, 1.82) is 0 Å². The fraction of sp³-hybridized carbons (Fsp3) is 0.310. The number of azide groups is 1. The molecule has 0 radical (unpaired) electrons. The van der Waals surface area contributed by atoms with Crippen LogP contribution < -0.4 is 10.1 Å². The summed E-state index contributed by atoms with van der Waals surface area (Å²) in [5, 5.41) is 16.0. The van der Waals surface area contributed by atoms with Crippen molar-refractivity contribution in [2.24, 2.45) is 10.1 Å². The molecule has 1 saturated carbocycles. The van der Waals surface area contributed by atoms with Gasteiger partial charge in [0.1, 0.15) is 5.75 Å². The quantitative estimate of drug-likeness (QED) is 0.159. The molecule has 1 aliphatic carbocycles. The topological polar surface area (TPSA) is 129 Å². The molecule has 1 amide bonds. The number of hydrogen-bond acceptors (Lipinski definition) is 6. The van der Waals surface area contributed by atoms with Gasteiger partial charge >= 0.3 is 0 Å². The standard InChI is InChI=1S/C29H29N5O4/c30-34-33-25-10-5-4-9-22(25)19-29(28(36)31-23-13-14-23)26(20-7-2-1-3-8-20)38-27(32-29)21-11-15-24(16-12-21)37-18-6-17-35/h1-5,7-12,15-16,23,26,35H,6,13-14,17-19H2,(H,31,36)/t26-,29-/m1/s1. The van der Waals surface area contributed by atoms with Crippen molar-refractivity contribution in [3.8, 4) is 5.75 Å². The lowest BCUT2D eigenvalue weighted by Crippen LogP contribution is -2.50. The van der Waals surface area contributed by atoms with E-state index in [4.69, 9.17) is 25.1 Å². The lowest BCUT2D eigenvalue weighted by Gasteiger charge is -2.31. The lowest BCUT2D eigenvalue weighted by molar-refractivity contribution is -0.129. The van der Waals surface area contributed by atoms with Crippen molar-refractivity contribution in [2.75, 3.05) is 13.2 Å². The Hall–Kier alpha value is -4.33. The van der Waals surface area contributed by atoms with Crippen LogP contribution in [0.1, 0.15) is 42.1 Å². The Morgan fingerprint density at radius 3 is 2.55 bits per heavy atom. The highest BCUT2D eigenvalue weighted by Gasteiger charge is 2.54. The molecule has 1 fully saturated rings. The van der Waals surface area contributed by atoms with Gasteiger partial charge in [0.05, 0.1) is 6.61 Å². The predicted octanol–water partition coefficient (Wildman–Crippen LogP) is 5.17. The summed E-state index contributed by atoms with van der Waals surface area (Å²) in [6.45, 7) is 0.482. The maximum atomic E-state index is 14.0. The van der Waals surface area contributed by atoms with E-state index in [0.717, 1.165) is 18.4 Å². The summed E-state index contributed by atoms with van der Waals surface area (Å²) in [6.07, 6.45) is 1.90. The van der Waals surface area contributed by atoms with Crippen LogP contribution >= 0.6 is 0 Å². The van der Waals surface area contributed by atoms with Crippen LogP contribution in [0.15, 0.2) is 89.0 Å². The Labute approximate surface area is 220 Å². The van der Waals surface area contributed by atoms with E-state index in [2.05, 4.69) is 15.3 Å². The fourth-order valence-corrected chi connectivity index (χ4v) is 4.54. The second kappa shape index (κ2) is 11.4. The Morgan fingerprint density at radius 1 is 1.11 bits per heavy atom. The molecule has 5 rings (SSSR count). The number of hydrogen-bond donors (Lipinski definition) is 2. The van der Waals surface area contributed by atoms with Crippen LogP contribution in [0.2, 0.25) is 0 Å². The summed E-state index contributed by atoms with van der Waals surface area (Å²) < 4.78 is 12.1. The minimum atomic E-state index is -1.32. The molecule has 0 saturated heterocycles. The molecule has 1 heterocycles. The fourth-order valence-electron chi connectivity index (χ4n) is 4.54. The number of ether oxygens (including phenoxy) is 2. The second-order valence-electron chi connectivity index (χ2n) is 9.44. The van der Waals surface area contributed by atoms with Gasteiger partial charge < -0.3 is 19.9 Å². The van der Waals surface area contributed by atoms with Crippen molar-refractivity contribution >= 4 is 17.5 Å². The number of aliphatic imine (C=N–C) groups is 1. The third kappa shape index (κ3) is 5.49. The predicted molar refractivity (Wildman–Crippen MR) is 143 cm³/mol. The van der Waals surface area contributed by atoms with Gasteiger partial charge in [-0.1, -0.05) is 59.7 Å². The molecule has 38 heavy (non-hydrogen) atoms.